The lowest BCUT2D eigenvalue weighted by Crippen LogP contribution is -2.37. The Hall–Kier alpha value is -3.56. The maximum Gasteiger partial charge on any atom is 0.414 e. The highest BCUT2D eigenvalue weighted by molar-refractivity contribution is 6.07. The van der Waals surface area contributed by atoms with Crippen molar-refractivity contribution in [1.29, 1.82) is 0 Å². The number of H-pyrrole nitrogens is 1. The van der Waals surface area contributed by atoms with E-state index in [2.05, 4.69) is 10.1 Å². The zero-order chi connectivity index (χ0) is 20.1. The lowest BCUT2D eigenvalue weighted by atomic mass is 9.93. The van der Waals surface area contributed by atoms with Gasteiger partial charge in [-0.2, -0.15) is 5.10 Å². The van der Waals surface area contributed by atoms with Crippen LogP contribution in [-0.2, 0) is 4.74 Å². The largest absolute Gasteiger partial charge is 0.465 e. The number of hydrogen-bond donors (Lipinski definition) is 2. The fourth-order valence-corrected chi connectivity index (χ4v) is 4.26. The van der Waals surface area contributed by atoms with Gasteiger partial charge in [0.2, 0.25) is 0 Å². The van der Waals surface area contributed by atoms with Gasteiger partial charge in [-0.3, -0.25) is 9.69 Å². The molecule has 3 aromatic rings. The standard InChI is InChI=1S/C19H19N5O5/c25-15-10-14(11-4-6-22(7-5-11)18(26)27)24-17(20-15)16-12(21-24)2-1-3-13(16)23-8-9-29-19(23)28/h1-3,10-11H,4-9H2,(H,20,25)(H,26,27). The third kappa shape index (κ3) is 2.79. The number of aromatic nitrogens is 3. The first-order chi connectivity index (χ1) is 14.0. The van der Waals surface area contributed by atoms with E-state index >= 15 is 0 Å². The molecule has 0 saturated carbocycles. The number of benzene rings is 1. The molecule has 2 saturated heterocycles. The Bertz CT molecular complexity index is 1190. The molecule has 1 aromatic carbocycles. The molecular formula is C19H19N5O5. The van der Waals surface area contributed by atoms with Gasteiger partial charge in [-0.05, 0) is 25.0 Å². The number of nitrogens with zero attached hydrogens (tertiary/aromatic N) is 4. The first-order valence-corrected chi connectivity index (χ1v) is 9.50. The van der Waals surface area contributed by atoms with Crippen molar-refractivity contribution in [2.45, 2.75) is 18.8 Å². The van der Waals surface area contributed by atoms with Crippen LogP contribution in [0.4, 0.5) is 15.3 Å². The predicted octanol–water partition coefficient (Wildman–Crippen LogP) is 1.99. The summed E-state index contributed by atoms with van der Waals surface area (Å²) in [5.41, 5.74) is 2.33. The van der Waals surface area contributed by atoms with Gasteiger partial charge in [0.25, 0.3) is 5.56 Å². The number of carbonyl (C=O) groups is 2. The molecule has 2 N–H and O–H groups in total. The highest BCUT2D eigenvalue weighted by atomic mass is 16.6. The van der Waals surface area contributed by atoms with Crippen LogP contribution in [0.1, 0.15) is 24.5 Å². The average Bonchev–Trinajstić information content (AvgIpc) is 3.30. The quantitative estimate of drug-likeness (QED) is 0.682. The molecule has 4 heterocycles. The molecular weight excluding hydrogens is 378 g/mol. The summed E-state index contributed by atoms with van der Waals surface area (Å²) in [5, 5.41) is 14.5. The number of hydrogen-bond acceptors (Lipinski definition) is 5. The van der Waals surface area contributed by atoms with Crippen LogP contribution < -0.4 is 10.5 Å². The molecule has 2 amide bonds. The molecule has 10 heteroatoms. The SMILES string of the molecule is O=C(O)N1CCC(c2cc(=O)[nH]c3c4c(N5CCOC5=O)cccc4nn23)CC1. The van der Waals surface area contributed by atoms with Gasteiger partial charge in [0, 0.05) is 25.1 Å². The Morgan fingerprint density at radius 3 is 2.69 bits per heavy atom. The van der Waals surface area contributed by atoms with Crippen LogP contribution in [0.5, 0.6) is 0 Å². The number of carboxylic acid groups (broad SMARTS) is 1. The highest BCUT2D eigenvalue weighted by Gasteiger charge is 2.29. The summed E-state index contributed by atoms with van der Waals surface area (Å²) in [6.07, 6.45) is -0.110. The number of anilines is 1. The number of cyclic esters (lactones) is 1. The summed E-state index contributed by atoms with van der Waals surface area (Å²) >= 11 is 0. The zero-order valence-electron chi connectivity index (χ0n) is 15.5. The van der Waals surface area contributed by atoms with E-state index < -0.39 is 12.2 Å². The molecule has 0 spiro atoms. The van der Waals surface area contributed by atoms with Crippen LogP contribution >= 0.6 is 0 Å². The van der Waals surface area contributed by atoms with Gasteiger partial charge >= 0.3 is 12.2 Å². The van der Waals surface area contributed by atoms with Crippen LogP contribution in [0, 0.1) is 0 Å². The van der Waals surface area contributed by atoms with Crippen molar-refractivity contribution >= 4 is 34.4 Å². The van der Waals surface area contributed by atoms with Crippen LogP contribution in [0.3, 0.4) is 0 Å². The number of piperidine rings is 1. The van der Waals surface area contributed by atoms with Crippen molar-refractivity contribution < 1.29 is 19.4 Å². The monoisotopic (exact) mass is 397 g/mol. The molecule has 0 aliphatic carbocycles. The van der Waals surface area contributed by atoms with Gasteiger partial charge in [0.05, 0.1) is 28.8 Å². The van der Waals surface area contributed by atoms with Crippen LogP contribution in [0.25, 0.3) is 16.6 Å². The summed E-state index contributed by atoms with van der Waals surface area (Å²) < 4.78 is 6.78. The first kappa shape index (κ1) is 17.5. The number of fused-ring (bicyclic) bond motifs is 3. The summed E-state index contributed by atoms with van der Waals surface area (Å²) in [7, 11) is 0. The van der Waals surface area contributed by atoms with Gasteiger partial charge in [0.1, 0.15) is 12.3 Å². The van der Waals surface area contributed by atoms with Gasteiger partial charge in [0.15, 0.2) is 0 Å². The number of likely N-dealkylation sites (tertiary alicyclic amines) is 1. The minimum Gasteiger partial charge on any atom is -0.465 e. The van der Waals surface area contributed by atoms with Gasteiger partial charge < -0.3 is 19.7 Å². The predicted molar refractivity (Wildman–Crippen MR) is 104 cm³/mol. The van der Waals surface area contributed by atoms with Gasteiger partial charge in [-0.15, -0.1) is 0 Å². The second-order valence-corrected chi connectivity index (χ2v) is 7.30. The van der Waals surface area contributed by atoms with Crippen LogP contribution in [0.2, 0.25) is 0 Å². The Labute approximate surface area is 164 Å². The normalized spacial score (nSPS) is 18.0. The van der Waals surface area contributed by atoms with Crippen molar-refractivity contribution in [2.24, 2.45) is 0 Å². The van der Waals surface area contributed by atoms with E-state index in [1.807, 2.05) is 18.2 Å². The molecule has 10 nitrogen and oxygen atoms in total. The van der Waals surface area contributed by atoms with Crippen molar-refractivity contribution in [2.75, 3.05) is 31.1 Å². The van der Waals surface area contributed by atoms with Crippen LogP contribution in [-0.4, -0.2) is 63.0 Å². The maximum atomic E-state index is 12.5. The fourth-order valence-electron chi connectivity index (χ4n) is 4.26. The van der Waals surface area contributed by atoms with E-state index in [9.17, 15) is 19.5 Å². The number of aromatic amines is 1. The molecule has 29 heavy (non-hydrogen) atoms. The van der Waals surface area contributed by atoms with Crippen molar-refractivity contribution in [1.82, 2.24) is 19.5 Å². The number of ether oxygens (including phenoxy) is 1. The van der Waals surface area contributed by atoms with Crippen molar-refractivity contribution in [3.05, 3.63) is 40.3 Å². The summed E-state index contributed by atoms with van der Waals surface area (Å²) in [6.45, 7) is 1.59. The van der Waals surface area contributed by atoms with Gasteiger partial charge in [-0.1, -0.05) is 6.07 Å². The molecule has 0 radical (unpaired) electrons. The zero-order valence-corrected chi connectivity index (χ0v) is 15.5. The second kappa shape index (κ2) is 6.50. The number of amides is 2. The Morgan fingerprint density at radius 1 is 1.21 bits per heavy atom. The first-order valence-electron chi connectivity index (χ1n) is 9.50. The molecule has 0 atom stereocenters. The van der Waals surface area contributed by atoms with E-state index in [0.717, 1.165) is 5.69 Å². The highest BCUT2D eigenvalue weighted by Crippen LogP contribution is 2.33. The Kier molecular flexibility index (Phi) is 3.93. The minimum atomic E-state index is -0.925. The molecule has 0 bridgehead atoms. The molecule has 2 fully saturated rings. The van der Waals surface area contributed by atoms with E-state index in [1.165, 1.54) is 11.0 Å². The smallest absolute Gasteiger partial charge is 0.414 e. The summed E-state index contributed by atoms with van der Waals surface area (Å²) in [6, 6.07) is 7.00. The molecule has 2 aliphatic rings. The Morgan fingerprint density at radius 2 is 2.00 bits per heavy atom. The molecule has 2 aromatic heterocycles. The lowest BCUT2D eigenvalue weighted by Gasteiger charge is -2.30. The number of rotatable bonds is 2. The van der Waals surface area contributed by atoms with E-state index in [1.54, 1.807) is 9.42 Å². The van der Waals surface area contributed by atoms with Gasteiger partial charge in [-0.25, -0.2) is 14.1 Å². The maximum absolute atomic E-state index is 12.5. The van der Waals surface area contributed by atoms with Crippen molar-refractivity contribution in [3.8, 4) is 0 Å². The summed E-state index contributed by atoms with van der Waals surface area (Å²) in [5.74, 6) is 0.0184. The molecule has 150 valence electrons. The number of carbonyl (C=O) groups excluding carboxylic acids is 1. The van der Waals surface area contributed by atoms with Crippen molar-refractivity contribution in [3.63, 3.8) is 0 Å². The fraction of sp³-hybridized carbons (Fsp3) is 0.368. The molecule has 2 aliphatic heterocycles. The van der Waals surface area contributed by atoms with E-state index in [-0.39, 0.29) is 11.5 Å². The molecule has 5 rings (SSSR count). The Balaban J connectivity index is 1.65. The van der Waals surface area contributed by atoms with E-state index in [4.69, 9.17) is 4.74 Å². The lowest BCUT2D eigenvalue weighted by molar-refractivity contribution is 0.131. The average molecular weight is 397 g/mol. The van der Waals surface area contributed by atoms with Crippen LogP contribution in [0.15, 0.2) is 29.1 Å². The summed E-state index contributed by atoms with van der Waals surface area (Å²) in [4.78, 5) is 41.5. The second-order valence-electron chi connectivity index (χ2n) is 7.30. The minimum absolute atomic E-state index is 0.0184. The third-order valence-electron chi connectivity index (χ3n) is 5.68. The number of nitrogens with one attached hydrogen (secondary N) is 1. The molecule has 0 unspecified atom stereocenters. The van der Waals surface area contributed by atoms with E-state index in [0.29, 0.717) is 61.3 Å². The third-order valence-corrected chi connectivity index (χ3v) is 5.68. The topological polar surface area (TPSA) is 120 Å².